The molecule has 2 unspecified atom stereocenters. The molecule has 0 spiro atoms. The first-order valence-electron chi connectivity index (χ1n) is 11.2. The quantitative estimate of drug-likeness (QED) is 0.451. The zero-order valence-electron chi connectivity index (χ0n) is 17.2. The van der Waals surface area contributed by atoms with Gasteiger partial charge in [-0.25, -0.2) is 9.97 Å². The third-order valence-corrected chi connectivity index (χ3v) is 7.23. The molecule has 1 saturated carbocycles. The number of carbonyl (C=O) groups excluding carboxylic acids is 1. The van der Waals surface area contributed by atoms with Crippen LogP contribution in [0.25, 0.3) is 0 Å². The summed E-state index contributed by atoms with van der Waals surface area (Å²) >= 11 is 5.89. The van der Waals surface area contributed by atoms with E-state index in [1.807, 2.05) is 0 Å². The zero-order chi connectivity index (χ0) is 20.1. The van der Waals surface area contributed by atoms with Gasteiger partial charge in [0.1, 0.15) is 6.29 Å². The Morgan fingerprint density at radius 1 is 1.10 bits per heavy atom. The summed E-state index contributed by atoms with van der Waals surface area (Å²) in [5.74, 6) is 4.11. The molecular formula is C22H33ClN4O2. The number of hydrogen-bond donors (Lipinski definition) is 0. The summed E-state index contributed by atoms with van der Waals surface area (Å²) < 4.78 is 6.02. The molecule has 160 valence electrons. The molecule has 0 N–H and O–H groups in total. The van der Waals surface area contributed by atoms with E-state index in [-0.39, 0.29) is 0 Å². The van der Waals surface area contributed by atoms with E-state index < -0.39 is 0 Å². The fourth-order valence-electron chi connectivity index (χ4n) is 5.10. The minimum absolute atomic E-state index is 0.586. The highest BCUT2D eigenvalue weighted by atomic mass is 35.5. The lowest BCUT2D eigenvalue weighted by Crippen LogP contribution is -2.36. The second-order valence-corrected chi connectivity index (χ2v) is 9.40. The standard InChI is InChI=1S/C22H33ClN4O2/c23-20-14-24-22(25-15-20)27-8-3-18(4-9-27)21-13-19(21)5-12-29-16-17-1-6-26(7-2-17)10-11-28/h11,14-15,17-19,21H,1-10,12-13,16H2. The van der Waals surface area contributed by atoms with Crippen molar-refractivity contribution in [2.45, 2.75) is 38.5 Å². The highest BCUT2D eigenvalue weighted by molar-refractivity contribution is 6.30. The molecule has 1 aromatic heterocycles. The Morgan fingerprint density at radius 3 is 2.52 bits per heavy atom. The van der Waals surface area contributed by atoms with E-state index in [4.69, 9.17) is 16.3 Å². The number of hydrogen-bond acceptors (Lipinski definition) is 6. The van der Waals surface area contributed by atoms with Crippen molar-refractivity contribution in [3.8, 4) is 0 Å². The lowest BCUT2D eigenvalue weighted by Gasteiger charge is -2.32. The van der Waals surface area contributed by atoms with E-state index in [1.165, 1.54) is 25.7 Å². The van der Waals surface area contributed by atoms with Crippen LogP contribution in [-0.4, -0.2) is 67.1 Å². The number of aldehydes is 1. The predicted molar refractivity (Wildman–Crippen MR) is 114 cm³/mol. The minimum Gasteiger partial charge on any atom is -0.381 e. The lowest BCUT2D eigenvalue weighted by molar-refractivity contribution is -0.109. The molecule has 1 aromatic rings. The van der Waals surface area contributed by atoms with Gasteiger partial charge in [-0.2, -0.15) is 0 Å². The molecule has 2 atom stereocenters. The van der Waals surface area contributed by atoms with Gasteiger partial charge < -0.3 is 14.4 Å². The molecule has 29 heavy (non-hydrogen) atoms. The topological polar surface area (TPSA) is 58.6 Å². The summed E-state index contributed by atoms with van der Waals surface area (Å²) in [5.41, 5.74) is 0. The Bertz CT molecular complexity index is 643. The molecule has 1 aliphatic carbocycles. The Balaban J connectivity index is 1.07. The molecule has 2 aliphatic heterocycles. The first-order valence-corrected chi connectivity index (χ1v) is 11.6. The highest BCUT2D eigenvalue weighted by Gasteiger charge is 2.43. The highest BCUT2D eigenvalue weighted by Crippen LogP contribution is 2.49. The van der Waals surface area contributed by atoms with Gasteiger partial charge in [0.15, 0.2) is 0 Å². The van der Waals surface area contributed by atoms with Gasteiger partial charge in [0.25, 0.3) is 0 Å². The van der Waals surface area contributed by atoms with Gasteiger partial charge in [-0.1, -0.05) is 11.6 Å². The molecule has 0 bridgehead atoms. The van der Waals surface area contributed by atoms with Crippen LogP contribution in [0.4, 0.5) is 5.95 Å². The first kappa shape index (κ1) is 21.0. The molecule has 6 nitrogen and oxygen atoms in total. The van der Waals surface area contributed by atoms with Crippen LogP contribution < -0.4 is 4.90 Å². The summed E-state index contributed by atoms with van der Waals surface area (Å²) in [4.78, 5) is 23.8. The van der Waals surface area contributed by atoms with Crippen molar-refractivity contribution in [3.05, 3.63) is 17.4 Å². The third-order valence-electron chi connectivity index (χ3n) is 7.04. The van der Waals surface area contributed by atoms with Crippen LogP contribution in [0.3, 0.4) is 0 Å². The van der Waals surface area contributed by atoms with Gasteiger partial charge in [-0.3, -0.25) is 4.90 Å². The number of aromatic nitrogens is 2. The number of likely N-dealkylation sites (tertiary alicyclic amines) is 1. The number of anilines is 1. The van der Waals surface area contributed by atoms with Crippen molar-refractivity contribution in [2.24, 2.45) is 23.7 Å². The van der Waals surface area contributed by atoms with E-state index in [2.05, 4.69) is 19.8 Å². The maximum absolute atomic E-state index is 10.6. The van der Waals surface area contributed by atoms with Gasteiger partial charge in [-0.15, -0.1) is 0 Å². The summed E-state index contributed by atoms with van der Waals surface area (Å²) in [5, 5.41) is 0.593. The van der Waals surface area contributed by atoms with Gasteiger partial charge in [0.2, 0.25) is 5.95 Å². The van der Waals surface area contributed by atoms with Gasteiger partial charge >= 0.3 is 0 Å². The van der Waals surface area contributed by atoms with Crippen LogP contribution in [-0.2, 0) is 9.53 Å². The SMILES string of the molecule is O=CCN1CCC(COCCC2CC2C2CCN(c3ncc(Cl)cn3)CC2)CC1. The molecule has 3 aliphatic rings. The van der Waals surface area contributed by atoms with Gasteiger partial charge in [-0.05, 0) is 75.3 Å². The monoisotopic (exact) mass is 420 g/mol. The average Bonchev–Trinajstić information content (AvgIpc) is 3.53. The fourth-order valence-corrected chi connectivity index (χ4v) is 5.20. The summed E-state index contributed by atoms with van der Waals surface area (Å²) in [6.45, 7) is 6.57. The summed E-state index contributed by atoms with van der Waals surface area (Å²) in [6.07, 6.45) is 11.8. The molecular weight excluding hydrogens is 388 g/mol. The van der Waals surface area contributed by atoms with E-state index >= 15 is 0 Å². The zero-order valence-corrected chi connectivity index (χ0v) is 18.0. The number of carbonyl (C=O) groups is 1. The summed E-state index contributed by atoms with van der Waals surface area (Å²) in [6, 6.07) is 0. The average molecular weight is 421 g/mol. The maximum atomic E-state index is 10.6. The minimum atomic E-state index is 0.586. The first-order chi connectivity index (χ1) is 14.2. The van der Waals surface area contributed by atoms with E-state index in [9.17, 15) is 4.79 Å². The molecule has 0 radical (unpaired) electrons. The van der Waals surface area contributed by atoms with Crippen LogP contribution in [0.1, 0.15) is 38.5 Å². The van der Waals surface area contributed by atoms with Crippen molar-refractivity contribution in [1.82, 2.24) is 14.9 Å². The van der Waals surface area contributed by atoms with Crippen LogP contribution in [0.2, 0.25) is 5.02 Å². The van der Waals surface area contributed by atoms with Crippen molar-refractivity contribution in [2.75, 3.05) is 50.8 Å². The Labute approximate surface area is 179 Å². The molecule has 0 aromatic carbocycles. The van der Waals surface area contributed by atoms with E-state index in [1.54, 1.807) is 12.4 Å². The van der Waals surface area contributed by atoms with Crippen LogP contribution in [0, 0.1) is 23.7 Å². The second-order valence-electron chi connectivity index (χ2n) is 8.96. The second kappa shape index (κ2) is 10.2. The van der Waals surface area contributed by atoms with Gasteiger partial charge in [0.05, 0.1) is 24.0 Å². The Morgan fingerprint density at radius 2 is 1.83 bits per heavy atom. The van der Waals surface area contributed by atoms with Crippen LogP contribution in [0.5, 0.6) is 0 Å². The van der Waals surface area contributed by atoms with Gasteiger partial charge in [0, 0.05) is 26.3 Å². The number of nitrogens with zero attached hydrogens (tertiary/aromatic N) is 4. The normalized spacial score (nSPS) is 26.6. The van der Waals surface area contributed by atoms with Crippen molar-refractivity contribution < 1.29 is 9.53 Å². The smallest absolute Gasteiger partial charge is 0.225 e. The van der Waals surface area contributed by atoms with Crippen LogP contribution in [0.15, 0.2) is 12.4 Å². The molecule has 7 heteroatoms. The van der Waals surface area contributed by atoms with Crippen molar-refractivity contribution in [3.63, 3.8) is 0 Å². The molecule has 3 fully saturated rings. The Kier molecular flexibility index (Phi) is 7.38. The van der Waals surface area contributed by atoms with Crippen molar-refractivity contribution in [1.29, 1.82) is 0 Å². The number of halogens is 1. The lowest BCUT2D eigenvalue weighted by atomic mass is 9.90. The molecule has 3 heterocycles. The van der Waals surface area contributed by atoms with E-state index in [0.29, 0.717) is 17.5 Å². The number of ether oxygens (including phenoxy) is 1. The van der Waals surface area contributed by atoms with Crippen LogP contribution >= 0.6 is 11.6 Å². The van der Waals surface area contributed by atoms with E-state index in [0.717, 1.165) is 82.2 Å². The number of rotatable bonds is 9. The molecule has 4 rings (SSSR count). The predicted octanol–water partition coefficient (Wildman–Crippen LogP) is 3.30. The summed E-state index contributed by atoms with van der Waals surface area (Å²) in [7, 11) is 0. The molecule has 2 saturated heterocycles. The fraction of sp³-hybridized carbons (Fsp3) is 0.773. The number of piperidine rings is 2. The maximum Gasteiger partial charge on any atom is 0.225 e. The third kappa shape index (κ3) is 5.89. The Hall–Kier alpha value is -1.24. The molecule has 0 amide bonds. The van der Waals surface area contributed by atoms with Crippen molar-refractivity contribution >= 4 is 23.8 Å². The largest absolute Gasteiger partial charge is 0.381 e.